The Labute approximate surface area is 204 Å². The maximum absolute atomic E-state index is 13.3. The Kier molecular flexibility index (Phi) is 6.23. The van der Waals surface area contributed by atoms with Crippen molar-refractivity contribution in [1.82, 2.24) is 10.2 Å². The third kappa shape index (κ3) is 4.16. The fraction of sp³-hybridized carbons (Fsp3) is 0.444. The lowest BCUT2D eigenvalue weighted by molar-refractivity contribution is -0.165. The third-order valence-corrected chi connectivity index (χ3v) is 7.60. The summed E-state index contributed by atoms with van der Waals surface area (Å²) in [6.45, 7) is 2.42. The maximum Gasteiger partial charge on any atom is 0.407 e. The predicted molar refractivity (Wildman–Crippen MR) is 128 cm³/mol. The summed E-state index contributed by atoms with van der Waals surface area (Å²) in [5, 5.41) is 12.6. The minimum absolute atomic E-state index is 0.0602. The second-order valence-corrected chi connectivity index (χ2v) is 9.68. The minimum Gasteiger partial charge on any atom is -0.480 e. The fourth-order valence-electron chi connectivity index (χ4n) is 5.62. The zero-order valence-electron chi connectivity index (χ0n) is 19.7. The van der Waals surface area contributed by atoms with Crippen molar-refractivity contribution >= 4 is 18.0 Å². The lowest BCUT2D eigenvalue weighted by atomic mass is 9.87. The van der Waals surface area contributed by atoms with Gasteiger partial charge < -0.3 is 24.8 Å². The predicted octanol–water partition coefficient (Wildman–Crippen LogP) is 3.54. The van der Waals surface area contributed by atoms with Crippen LogP contribution in [-0.2, 0) is 19.1 Å². The number of amides is 2. The average Bonchev–Trinajstić information content (AvgIpc) is 3.45. The molecule has 1 unspecified atom stereocenters. The van der Waals surface area contributed by atoms with Crippen molar-refractivity contribution in [2.24, 2.45) is 0 Å². The number of aliphatic carboxylic acids is 1. The minimum atomic E-state index is -1.27. The number of piperidine rings is 1. The van der Waals surface area contributed by atoms with Crippen LogP contribution in [0, 0.1) is 0 Å². The molecule has 35 heavy (non-hydrogen) atoms. The number of alkyl carbamates (subject to hydrolysis) is 1. The molecule has 8 heteroatoms. The van der Waals surface area contributed by atoms with Crippen molar-refractivity contribution in [3.63, 3.8) is 0 Å². The Morgan fingerprint density at radius 3 is 2.40 bits per heavy atom. The average molecular weight is 479 g/mol. The molecule has 5 rings (SSSR count). The first-order valence-corrected chi connectivity index (χ1v) is 12.2. The van der Waals surface area contributed by atoms with Crippen LogP contribution < -0.4 is 5.32 Å². The molecule has 2 aromatic rings. The zero-order valence-corrected chi connectivity index (χ0v) is 19.7. The molecule has 3 aliphatic rings. The van der Waals surface area contributed by atoms with Crippen LogP contribution in [0.5, 0.6) is 0 Å². The number of carbonyl (C=O) groups is 3. The highest BCUT2D eigenvalue weighted by molar-refractivity contribution is 5.90. The highest BCUT2D eigenvalue weighted by Gasteiger charge is 2.48. The van der Waals surface area contributed by atoms with E-state index >= 15 is 0 Å². The van der Waals surface area contributed by atoms with E-state index < -0.39 is 35.7 Å². The monoisotopic (exact) mass is 478 g/mol. The van der Waals surface area contributed by atoms with Gasteiger partial charge in [-0.3, -0.25) is 4.79 Å². The lowest BCUT2D eigenvalue weighted by Gasteiger charge is -2.43. The van der Waals surface area contributed by atoms with E-state index in [0.717, 1.165) is 35.1 Å². The first-order chi connectivity index (χ1) is 16.9. The zero-order chi connectivity index (χ0) is 24.6. The molecule has 2 aliphatic heterocycles. The maximum atomic E-state index is 13.3. The Hall–Kier alpha value is -3.39. The first-order valence-electron chi connectivity index (χ1n) is 12.2. The Morgan fingerprint density at radius 1 is 1.09 bits per heavy atom. The molecule has 0 bridgehead atoms. The Morgan fingerprint density at radius 2 is 1.74 bits per heavy atom. The van der Waals surface area contributed by atoms with Gasteiger partial charge in [0.25, 0.3) is 5.91 Å². The van der Waals surface area contributed by atoms with Crippen molar-refractivity contribution in [1.29, 1.82) is 0 Å². The molecule has 0 saturated carbocycles. The van der Waals surface area contributed by atoms with Crippen molar-refractivity contribution in [3.05, 3.63) is 59.7 Å². The summed E-state index contributed by atoms with van der Waals surface area (Å²) in [6.07, 6.45) is 0.807. The van der Waals surface area contributed by atoms with Gasteiger partial charge in [0, 0.05) is 19.1 Å². The standard InChI is InChI=1S/C27H30N2O6/c1-27(25(31)32)13-6-7-14-29(27)24(30)23-22(12-15-34-23)28-26(33)35-16-21-19-10-4-2-8-17(19)18-9-3-5-11-20(18)21/h2-5,8-11,21-23H,6-7,12-16H2,1H3,(H,28,33)(H,31,32)/t22-,23+,27?/m1/s1. The number of carbonyl (C=O) groups excluding carboxylic acids is 2. The lowest BCUT2D eigenvalue weighted by Crippen LogP contribution is -2.61. The van der Waals surface area contributed by atoms with Crippen molar-refractivity contribution < 1.29 is 29.0 Å². The van der Waals surface area contributed by atoms with Gasteiger partial charge in [0.1, 0.15) is 12.1 Å². The number of ether oxygens (including phenoxy) is 2. The number of carboxylic acid groups (broad SMARTS) is 1. The van der Waals surface area contributed by atoms with Gasteiger partial charge >= 0.3 is 12.1 Å². The van der Waals surface area contributed by atoms with Crippen molar-refractivity contribution in [3.8, 4) is 11.1 Å². The number of hydrogen-bond acceptors (Lipinski definition) is 5. The summed E-state index contributed by atoms with van der Waals surface area (Å²) < 4.78 is 11.3. The molecule has 2 N–H and O–H groups in total. The molecule has 2 amide bonds. The van der Waals surface area contributed by atoms with Crippen LogP contribution in [0.1, 0.15) is 49.7 Å². The second-order valence-electron chi connectivity index (χ2n) is 9.68. The molecule has 8 nitrogen and oxygen atoms in total. The molecule has 0 aromatic heterocycles. The van der Waals surface area contributed by atoms with E-state index in [2.05, 4.69) is 29.6 Å². The summed E-state index contributed by atoms with van der Waals surface area (Å²) in [4.78, 5) is 39.4. The van der Waals surface area contributed by atoms with Gasteiger partial charge in [-0.2, -0.15) is 0 Å². The molecular formula is C27H30N2O6. The largest absolute Gasteiger partial charge is 0.480 e. The van der Waals surface area contributed by atoms with Gasteiger partial charge in [0.2, 0.25) is 0 Å². The smallest absolute Gasteiger partial charge is 0.407 e. The molecule has 184 valence electrons. The number of benzene rings is 2. The van der Waals surface area contributed by atoms with E-state index in [0.29, 0.717) is 26.0 Å². The summed E-state index contributed by atoms with van der Waals surface area (Å²) in [7, 11) is 0. The van der Waals surface area contributed by atoms with E-state index in [9.17, 15) is 19.5 Å². The normalized spacial score (nSPS) is 25.6. The van der Waals surface area contributed by atoms with E-state index in [1.165, 1.54) is 4.90 Å². The molecule has 0 radical (unpaired) electrons. The van der Waals surface area contributed by atoms with Crippen LogP contribution >= 0.6 is 0 Å². The topological polar surface area (TPSA) is 105 Å². The molecule has 2 heterocycles. The van der Waals surface area contributed by atoms with Gasteiger partial charge in [-0.05, 0) is 54.9 Å². The van der Waals surface area contributed by atoms with Gasteiger partial charge in [-0.25, -0.2) is 9.59 Å². The van der Waals surface area contributed by atoms with Crippen LogP contribution in [0.15, 0.2) is 48.5 Å². The van der Waals surface area contributed by atoms with E-state index in [4.69, 9.17) is 9.47 Å². The SMILES string of the molecule is CC1(C(=O)O)CCCCN1C(=O)[C@H]1OCC[C@H]1NC(=O)OCC1c2ccccc2-c2ccccc21. The summed E-state index contributed by atoms with van der Waals surface area (Å²) >= 11 is 0. The third-order valence-electron chi connectivity index (χ3n) is 7.60. The number of nitrogens with zero attached hydrogens (tertiary/aromatic N) is 1. The number of fused-ring (bicyclic) bond motifs is 3. The molecular weight excluding hydrogens is 448 g/mol. The van der Waals surface area contributed by atoms with Crippen molar-refractivity contribution in [2.45, 2.75) is 56.2 Å². The quantitative estimate of drug-likeness (QED) is 0.681. The van der Waals surface area contributed by atoms with Crippen LogP contribution in [0.3, 0.4) is 0 Å². The van der Waals surface area contributed by atoms with Crippen LogP contribution in [0.2, 0.25) is 0 Å². The molecule has 2 saturated heterocycles. The molecule has 2 aromatic carbocycles. The van der Waals surface area contributed by atoms with E-state index in [1.54, 1.807) is 6.92 Å². The fourth-order valence-corrected chi connectivity index (χ4v) is 5.62. The van der Waals surface area contributed by atoms with Gasteiger partial charge in [-0.1, -0.05) is 48.5 Å². The number of hydrogen-bond donors (Lipinski definition) is 2. The van der Waals surface area contributed by atoms with E-state index in [-0.39, 0.29) is 12.5 Å². The molecule has 1 aliphatic carbocycles. The van der Waals surface area contributed by atoms with Crippen LogP contribution in [-0.4, -0.2) is 65.4 Å². The van der Waals surface area contributed by atoms with Gasteiger partial charge in [-0.15, -0.1) is 0 Å². The Balaban J connectivity index is 1.24. The number of carboxylic acids is 1. The molecule has 2 fully saturated rings. The molecule has 3 atom stereocenters. The highest BCUT2D eigenvalue weighted by Crippen LogP contribution is 2.44. The van der Waals surface area contributed by atoms with Crippen LogP contribution in [0.4, 0.5) is 4.79 Å². The highest BCUT2D eigenvalue weighted by atomic mass is 16.6. The number of rotatable bonds is 5. The van der Waals surface area contributed by atoms with Gasteiger partial charge in [0.05, 0.1) is 6.04 Å². The first kappa shape index (κ1) is 23.4. The summed E-state index contributed by atoms with van der Waals surface area (Å²) in [5.74, 6) is -1.48. The van der Waals surface area contributed by atoms with Crippen molar-refractivity contribution in [2.75, 3.05) is 19.8 Å². The second kappa shape index (κ2) is 9.34. The van der Waals surface area contributed by atoms with Crippen LogP contribution in [0.25, 0.3) is 11.1 Å². The summed E-state index contributed by atoms with van der Waals surface area (Å²) in [5.41, 5.74) is 3.27. The Bertz CT molecular complexity index is 1100. The number of likely N-dealkylation sites (tertiary alicyclic amines) is 1. The van der Waals surface area contributed by atoms with E-state index in [1.807, 2.05) is 24.3 Å². The van der Waals surface area contributed by atoms with Gasteiger partial charge in [0.15, 0.2) is 6.10 Å². The number of nitrogens with one attached hydrogen (secondary N) is 1. The summed E-state index contributed by atoms with van der Waals surface area (Å²) in [6, 6.07) is 15.7. The molecule has 0 spiro atoms.